The van der Waals surface area contributed by atoms with Gasteiger partial charge in [0.15, 0.2) is 0 Å². The fraction of sp³-hybridized carbons (Fsp3) is 0.412. The number of likely N-dealkylation sites (N-methyl/N-ethyl adjacent to an activating group) is 1. The maximum Gasteiger partial charge on any atom is 0.236 e. The topological polar surface area (TPSA) is 59.0 Å². The van der Waals surface area contributed by atoms with Gasteiger partial charge in [-0.2, -0.15) is 5.10 Å². The molecule has 1 aromatic heterocycles. The largest absolute Gasteiger partial charge is 0.355 e. The molecule has 0 saturated heterocycles. The molecule has 0 spiro atoms. The summed E-state index contributed by atoms with van der Waals surface area (Å²) in [4.78, 5) is 11.8. The van der Waals surface area contributed by atoms with Crippen molar-refractivity contribution in [3.8, 4) is 5.69 Å². The van der Waals surface area contributed by atoms with Crippen molar-refractivity contribution in [1.82, 2.24) is 20.4 Å². The number of carbonyl (C=O) groups excluding carboxylic acids is 1. The Morgan fingerprint density at radius 2 is 1.96 bits per heavy atom. The molecule has 124 valence electrons. The van der Waals surface area contributed by atoms with Gasteiger partial charge in [-0.25, -0.2) is 9.07 Å². The molecule has 0 aliphatic carbocycles. The minimum atomic E-state index is -0.275. The van der Waals surface area contributed by atoms with Crippen LogP contribution in [0.25, 0.3) is 5.69 Å². The molecule has 1 heterocycles. The molecule has 1 amide bonds. The van der Waals surface area contributed by atoms with Crippen molar-refractivity contribution in [3.05, 3.63) is 47.0 Å². The highest BCUT2D eigenvalue weighted by Crippen LogP contribution is 2.18. The number of hydrogen-bond donors (Lipinski definition) is 2. The Balaban J connectivity index is 2.15. The van der Waals surface area contributed by atoms with Crippen molar-refractivity contribution in [2.75, 3.05) is 6.54 Å². The van der Waals surface area contributed by atoms with Crippen LogP contribution >= 0.6 is 0 Å². The molecule has 0 radical (unpaired) electrons. The Morgan fingerprint density at radius 3 is 2.57 bits per heavy atom. The first-order valence-corrected chi connectivity index (χ1v) is 7.76. The third-order valence-electron chi connectivity index (χ3n) is 3.84. The zero-order valence-corrected chi connectivity index (χ0v) is 14.0. The molecular formula is C17H23FN4O. The molecular weight excluding hydrogens is 295 g/mol. The third-order valence-corrected chi connectivity index (χ3v) is 3.84. The number of carbonyl (C=O) groups is 1. The first-order chi connectivity index (χ1) is 10.9. The van der Waals surface area contributed by atoms with E-state index in [9.17, 15) is 9.18 Å². The molecule has 0 bridgehead atoms. The molecule has 5 nitrogen and oxygen atoms in total. The highest BCUT2D eigenvalue weighted by atomic mass is 19.1. The third kappa shape index (κ3) is 3.96. The van der Waals surface area contributed by atoms with Crippen LogP contribution in [0.3, 0.4) is 0 Å². The van der Waals surface area contributed by atoms with Crippen molar-refractivity contribution in [3.63, 3.8) is 0 Å². The summed E-state index contributed by atoms with van der Waals surface area (Å²) in [5.41, 5.74) is 3.73. The van der Waals surface area contributed by atoms with E-state index < -0.39 is 0 Å². The molecule has 23 heavy (non-hydrogen) atoms. The predicted octanol–water partition coefficient (Wildman–Crippen LogP) is 2.24. The zero-order chi connectivity index (χ0) is 17.0. The Morgan fingerprint density at radius 1 is 1.30 bits per heavy atom. The van der Waals surface area contributed by atoms with E-state index in [2.05, 4.69) is 15.7 Å². The summed E-state index contributed by atoms with van der Waals surface area (Å²) in [5.74, 6) is -0.290. The summed E-state index contributed by atoms with van der Waals surface area (Å²) in [6.45, 7) is 8.80. The van der Waals surface area contributed by atoms with Gasteiger partial charge in [-0.15, -0.1) is 0 Å². The fourth-order valence-corrected chi connectivity index (χ4v) is 2.44. The second-order valence-corrected chi connectivity index (χ2v) is 5.53. The van der Waals surface area contributed by atoms with Crippen LogP contribution in [0.5, 0.6) is 0 Å². The molecule has 2 aromatic rings. The van der Waals surface area contributed by atoms with Crippen LogP contribution in [0, 0.1) is 19.7 Å². The lowest BCUT2D eigenvalue weighted by atomic mass is 10.2. The summed E-state index contributed by atoms with van der Waals surface area (Å²) in [6, 6.07) is 5.96. The summed E-state index contributed by atoms with van der Waals surface area (Å²) < 4.78 is 14.9. The number of aromatic nitrogens is 2. The standard InChI is InChI=1S/C17H23FN4O/c1-5-19-17(23)12(3)20-10-16-11(2)21-22(13(16)4)15-8-6-14(18)7-9-15/h6-9,12,20H,5,10H2,1-4H3,(H,19,23)/t12-/m1/s1. The number of nitrogens with zero attached hydrogens (tertiary/aromatic N) is 2. The van der Waals surface area contributed by atoms with E-state index in [4.69, 9.17) is 0 Å². The van der Waals surface area contributed by atoms with E-state index in [0.717, 1.165) is 22.6 Å². The SMILES string of the molecule is CCNC(=O)[C@@H](C)NCc1c(C)nn(-c2ccc(F)cc2)c1C. The van der Waals surface area contributed by atoms with Crippen LogP contribution in [-0.4, -0.2) is 28.3 Å². The molecule has 0 fully saturated rings. The van der Waals surface area contributed by atoms with Gasteiger partial charge in [0.2, 0.25) is 5.91 Å². The number of amides is 1. The van der Waals surface area contributed by atoms with E-state index in [0.29, 0.717) is 13.1 Å². The number of benzene rings is 1. The maximum absolute atomic E-state index is 13.1. The van der Waals surface area contributed by atoms with E-state index in [1.165, 1.54) is 12.1 Å². The molecule has 0 aliphatic rings. The Hall–Kier alpha value is -2.21. The van der Waals surface area contributed by atoms with Crippen molar-refractivity contribution in [1.29, 1.82) is 0 Å². The van der Waals surface area contributed by atoms with E-state index >= 15 is 0 Å². The fourth-order valence-electron chi connectivity index (χ4n) is 2.44. The highest BCUT2D eigenvalue weighted by Gasteiger charge is 2.16. The van der Waals surface area contributed by atoms with Crippen molar-refractivity contribution in [2.45, 2.75) is 40.3 Å². The van der Waals surface area contributed by atoms with E-state index in [-0.39, 0.29) is 17.8 Å². The van der Waals surface area contributed by atoms with Crippen LogP contribution in [-0.2, 0) is 11.3 Å². The number of halogens is 1. The van der Waals surface area contributed by atoms with Gasteiger partial charge in [-0.3, -0.25) is 4.79 Å². The monoisotopic (exact) mass is 318 g/mol. The lowest BCUT2D eigenvalue weighted by Gasteiger charge is -2.13. The summed E-state index contributed by atoms with van der Waals surface area (Å²) in [6.07, 6.45) is 0. The van der Waals surface area contributed by atoms with Gasteiger partial charge in [0.25, 0.3) is 0 Å². The molecule has 2 rings (SSSR count). The molecule has 0 saturated carbocycles. The van der Waals surface area contributed by atoms with Crippen LogP contribution in [0.15, 0.2) is 24.3 Å². The molecule has 2 N–H and O–H groups in total. The van der Waals surface area contributed by atoms with Crippen molar-refractivity contribution in [2.24, 2.45) is 0 Å². The van der Waals surface area contributed by atoms with E-state index in [1.807, 2.05) is 27.7 Å². The number of aryl methyl sites for hydroxylation is 1. The van der Waals surface area contributed by atoms with Gasteiger partial charge in [0, 0.05) is 24.3 Å². The van der Waals surface area contributed by atoms with Gasteiger partial charge in [-0.1, -0.05) is 0 Å². The lowest BCUT2D eigenvalue weighted by Crippen LogP contribution is -2.41. The first-order valence-electron chi connectivity index (χ1n) is 7.76. The van der Waals surface area contributed by atoms with Gasteiger partial charge in [0.1, 0.15) is 5.82 Å². The van der Waals surface area contributed by atoms with Crippen molar-refractivity contribution >= 4 is 5.91 Å². The number of nitrogens with one attached hydrogen (secondary N) is 2. The molecule has 1 aromatic carbocycles. The van der Waals surface area contributed by atoms with Crippen LogP contribution in [0.2, 0.25) is 0 Å². The lowest BCUT2D eigenvalue weighted by molar-refractivity contribution is -0.122. The van der Waals surface area contributed by atoms with Gasteiger partial charge in [-0.05, 0) is 52.0 Å². The Labute approximate surface area is 135 Å². The van der Waals surface area contributed by atoms with Gasteiger partial charge >= 0.3 is 0 Å². The summed E-state index contributed by atoms with van der Waals surface area (Å²) in [5, 5.41) is 10.5. The smallest absolute Gasteiger partial charge is 0.236 e. The maximum atomic E-state index is 13.1. The van der Waals surface area contributed by atoms with E-state index in [1.54, 1.807) is 16.8 Å². The molecule has 0 aliphatic heterocycles. The quantitative estimate of drug-likeness (QED) is 0.859. The normalized spacial score (nSPS) is 12.2. The Bertz CT molecular complexity index is 679. The Kier molecular flexibility index (Phi) is 5.50. The summed E-state index contributed by atoms with van der Waals surface area (Å²) in [7, 11) is 0. The van der Waals surface area contributed by atoms with Gasteiger partial charge < -0.3 is 10.6 Å². The second kappa shape index (κ2) is 7.37. The average Bonchev–Trinajstić information content (AvgIpc) is 2.80. The van der Waals surface area contributed by atoms with Crippen LogP contribution < -0.4 is 10.6 Å². The van der Waals surface area contributed by atoms with Crippen LogP contribution in [0.1, 0.15) is 30.8 Å². The minimum absolute atomic E-state index is 0.0197. The predicted molar refractivity (Wildman–Crippen MR) is 88.0 cm³/mol. The molecule has 0 unspecified atom stereocenters. The first kappa shape index (κ1) is 17.1. The van der Waals surface area contributed by atoms with Crippen molar-refractivity contribution < 1.29 is 9.18 Å². The summed E-state index contributed by atoms with van der Waals surface area (Å²) >= 11 is 0. The second-order valence-electron chi connectivity index (χ2n) is 5.53. The molecule has 1 atom stereocenters. The number of rotatable bonds is 6. The minimum Gasteiger partial charge on any atom is -0.355 e. The highest BCUT2D eigenvalue weighted by molar-refractivity contribution is 5.81. The average molecular weight is 318 g/mol. The van der Waals surface area contributed by atoms with Gasteiger partial charge in [0.05, 0.1) is 17.4 Å². The molecule has 6 heteroatoms. The van der Waals surface area contributed by atoms with Crippen LogP contribution in [0.4, 0.5) is 4.39 Å². The zero-order valence-electron chi connectivity index (χ0n) is 14.0. The number of hydrogen-bond acceptors (Lipinski definition) is 3.